The summed E-state index contributed by atoms with van der Waals surface area (Å²) in [6.07, 6.45) is -0.629. The molecule has 0 bridgehead atoms. The number of hydrogen-bond acceptors (Lipinski definition) is 4. The summed E-state index contributed by atoms with van der Waals surface area (Å²) in [6, 6.07) is 5.98. The topological polar surface area (TPSA) is 90.0 Å². The summed E-state index contributed by atoms with van der Waals surface area (Å²) in [5.41, 5.74) is 0.363. The average molecular weight is 461 g/mol. The molecule has 2 fully saturated rings. The molecular formula is C21H27F4N3O4. The minimum Gasteiger partial charge on any atom is -0.475 e. The van der Waals surface area contributed by atoms with Gasteiger partial charge < -0.3 is 20.2 Å². The number of benzene rings is 1. The maximum Gasteiger partial charge on any atom is 0.490 e. The second-order valence-electron chi connectivity index (χ2n) is 7.63. The molecule has 0 aromatic heterocycles. The Morgan fingerprint density at radius 2 is 1.72 bits per heavy atom. The molecule has 7 nitrogen and oxygen atoms in total. The second-order valence-corrected chi connectivity index (χ2v) is 7.63. The average Bonchev–Trinajstić information content (AvgIpc) is 3.28. The van der Waals surface area contributed by atoms with Gasteiger partial charge in [0.1, 0.15) is 5.82 Å². The quantitative estimate of drug-likeness (QED) is 0.659. The zero-order chi connectivity index (χ0) is 23.7. The van der Waals surface area contributed by atoms with E-state index in [9.17, 15) is 27.2 Å². The highest BCUT2D eigenvalue weighted by atomic mass is 19.4. The number of alkyl halides is 3. The van der Waals surface area contributed by atoms with E-state index in [0.29, 0.717) is 18.5 Å². The summed E-state index contributed by atoms with van der Waals surface area (Å²) in [7, 11) is 0. The minimum absolute atomic E-state index is 0.0940. The fraction of sp³-hybridized carbons (Fsp3) is 0.571. The van der Waals surface area contributed by atoms with E-state index in [4.69, 9.17) is 9.90 Å². The smallest absolute Gasteiger partial charge is 0.475 e. The van der Waals surface area contributed by atoms with E-state index in [2.05, 4.69) is 5.32 Å². The molecule has 1 saturated carbocycles. The van der Waals surface area contributed by atoms with Crippen molar-refractivity contribution < 1.29 is 37.1 Å². The molecule has 0 spiro atoms. The summed E-state index contributed by atoms with van der Waals surface area (Å²) < 4.78 is 45.2. The molecule has 1 heterocycles. The number of halogens is 4. The Balaban J connectivity index is 0.000000451. The molecular weight excluding hydrogens is 434 g/mol. The van der Waals surface area contributed by atoms with E-state index >= 15 is 0 Å². The van der Waals surface area contributed by atoms with Crippen LogP contribution in [-0.2, 0) is 9.59 Å². The number of aliphatic carboxylic acids is 1. The first-order chi connectivity index (χ1) is 15.1. The van der Waals surface area contributed by atoms with Crippen LogP contribution in [0.4, 0.5) is 17.6 Å². The highest BCUT2D eigenvalue weighted by molar-refractivity contribution is 5.94. The number of carboxylic acids is 1. The van der Waals surface area contributed by atoms with Crippen LogP contribution in [0, 0.1) is 5.82 Å². The number of carbonyl (C=O) groups excluding carboxylic acids is 2. The molecule has 1 aliphatic carbocycles. The van der Waals surface area contributed by atoms with E-state index in [1.54, 1.807) is 17.0 Å². The standard InChI is InChI=1S/C19H26FN3O2.C2HF3O2/c20-16-5-3-4-15(14-16)19(25)23(17-6-1-2-7-17)11-8-18(24)22-12-9-21-10-13-22;3-2(4,5)1(6)7/h3-5,14,17,21H,1-2,6-13H2;(H,6,7). The first-order valence-corrected chi connectivity index (χ1v) is 10.4. The molecule has 2 aliphatic rings. The molecule has 0 radical (unpaired) electrons. The van der Waals surface area contributed by atoms with Crippen molar-refractivity contribution in [1.29, 1.82) is 0 Å². The molecule has 1 aromatic rings. The number of amides is 2. The fourth-order valence-electron chi connectivity index (χ4n) is 3.74. The van der Waals surface area contributed by atoms with Crippen LogP contribution in [0.2, 0.25) is 0 Å². The van der Waals surface area contributed by atoms with Crippen LogP contribution in [0.1, 0.15) is 42.5 Å². The number of carboxylic acid groups (broad SMARTS) is 1. The predicted octanol–water partition coefficient (Wildman–Crippen LogP) is 2.67. The van der Waals surface area contributed by atoms with Crippen LogP contribution in [0.15, 0.2) is 24.3 Å². The largest absolute Gasteiger partial charge is 0.490 e. The molecule has 1 aromatic carbocycles. The molecule has 178 valence electrons. The van der Waals surface area contributed by atoms with Gasteiger partial charge in [-0.15, -0.1) is 0 Å². The van der Waals surface area contributed by atoms with Gasteiger partial charge in [0, 0.05) is 50.7 Å². The Morgan fingerprint density at radius 1 is 1.12 bits per heavy atom. The van der Waals surface area contributed by atoms with Crippen LogP contribution in [0.5, 0.6) is 0 Å². The Labute approximate surface area is 183 Å². The van der Waals surface area contributed by atoms with Crippen molar-refractivity contribution in [3.8, 4) is 0 Å². The number of piperazine rings is 1. The highest BCUT2D eigenvalue weighted by Crippen LogP contribution is 2.25. The third kappa shape index (κ3) is 7.77. The molecule has 2 N–H and O–H groups in total. The lowest BCUT2D eigenvalue weighted by atomic mass is 10.1. The van der Waals surface area contributed by atoms with Gasteiger partial charge in [-0.1, -0.05) is 18.9 Å². The fourth-order valence-corrected chi connectivity index (χ4v) is 3.74. The molecule has 2 amide bonds. The van der Waals surface area contributed by atoms with Gasteiger partial charge in [0.25, 0.3) is 5.91 Å². The van der Waals surface area contributed by atoms with Crippen molar-refractivity contribution in [3.63, 3.8) is 0 Å². The van der Waals surface area contributed by atoms with E-state index < -0.39 is 18.0 Å². The summed E-state index contributed by atoms with van der Waals surface area (Å²) in [6.45, 7) is 3.49. The summed E-state index contributed by atoms with van der Waals surface area (Å²) >= 11 is 0. The molecule has 0 unspecified atom stereocenters. The third-order valence-corrected chi connectivity index (χ3v) is 5.38. The van der Waals surface area contributed by atoms with E-state index in [-0.39, 0.29) is 17.9 Å². The number of carbonyl (C=O) groups is 3. The predicted molar refractivity (Wildman–Crippen MR) is 107 cm³/mol. The normalized spacial score (nSPS) is 16.8. The SMILES string of the molecule is O=C(CCN(C(=O)c1cccc(F)c1)C1CCCC1)N1CCNCC1.O=C(O)C(F)(F)F. The van der Waals surface area contributed by atoms with Gasteiger partial charge >= 0.3 is 12.1 Å². The van der Waals surface area contributed by atoms with Gasteiger partial charge in [0.2, 0.25) is 5.91 Å². The van der Waals surface area contributed by atoms with Gasteiger partial charge in [0.05, 0.1) is 0 Å². The van der Waals surface area contributed by atoms with Gasteiger partial charge in [0.15, 0.2) is 0 Å². The summed E-state index contributed by atoms with van der Waals surface area (Å²) in [5.74, 6) is -3.24. The molecule has 11 heteroatoms. The highest BCUT2D eigenvalue weighted by Gasteiger charge is 2.38. The van der Waals surface area contributed by atoms with Gasteiger partial charge in [-0.25, -0.2) is 9.18 Å². The zero-order valence-corrected chi connectivity index (χ0v) is 17.5. The van der Waals surface area contributed by atoms with E-state index in [1.807, 2.05) is 4.90 Å². The summed E-state index contributed by atoms with van der Waals surface area (Å²) in [5, 5.41) is 10.4. The number of nitrogens with one attached hydrogen (secondary N) is 1. The van der Waals surface area contributed by atoms with Crippen LogP contribution in [0.25, 0.3) is 0 Å². The van der Waals surface area contributed by atoms with Gasteiger partial charge in [-0.3, -0.25) is 9.59 Å². The second kappa shape index (κ2) is 11.8. The van der Waals surface area contributed by atoms with E-state index in [1.165, 1.54) is 12.1 Å². The van der Waals surface area contributed by atoms with Crippen molar-refractivity contribution in [2.75, 3.05) is 32.7 Å². The first kappa shape index (κ1) is 25.6. The molecule has 32 heavy (non-hydrogen) atoms. The van der Waals surface area contributed by atoms with Crippen LogP contribution in [0.3, 0.4) is 0 Å². The maximum atomic E-state index is 13.5. The molecule has 1 saturated heterocycles. The van der Waals surface area contributed by atoms with Crippen LogP contribution in [-0.4, -0.2) is 77.6 Å². The Kier molecular flexibility index (Phi) is 9.42. The maximum absolute atomic E-state index is 13.5. The van der Waals surface area contributed by atoms with Crippen molar-refractivity contribution in [1.82, 2.24) is 15.1 Å². The lowest BCUT2D eigenvalue weighted by Crippen LogP contribution is -2.48. The Bertz CT molecular complexity index is 791. The zero-order valence-electron chi connectivity index (χ0n) is 17.5. The van der Waals surface area contributed by atoms with Crippen LogP contribution < -0.4 is 5.32 Å². The lowest BCUT2D eigenvalue weighted by molar-refractivity contribution is -0.192. The third-order valence-electron chi connectivity index (χ3n) is 5.38. The summed E-state index contributed by atoms with van der Waals surface area (Å²) in [4.78, 5) is 37.9. The van der Waals surface area contributed by atoms with E-state index in [0.717, 1.165) is 51.9 Å². The number of rotatable bonds is 5. The monoisotopic (exact) mass is 461 g/mol. The van der Waals surface area contributed by atoms with Crippen molar-refractivity contribution in [2.24, 2.45) is 0 Å². The lowest BCUT2D eigenvalue weighted by Gasteiger charge is -2.31. The number of nitrogens with zero attached hydrogens (tertiary/aromatic N) is 2. The van der Waals surface area contributed by atoms with Gasteiger partial charge in [-0.05, 0) is 31.0 Å². The van der Waals surface area contributed by atoms with Crippen LogP contribution >= 0.6 is 0 Å². The number of hydrogen-bond donors (Lipinski definition) is 2. The first-order valence-electron chi connectivity index (χ1n) is 10.4. The van der Waals surface area contributed by atoms with Crippen molar-refractivity contribution >= 4 is 17.8 Å². The van der Waals surface area contributed by atoms with Crippen molar-refractivity contribution in [2.45, 2.75) is 44.3 Å². The Morgan fingerprint density at radius 3 is 2.25 bits per heavy atom. The molecule has 3 rings (SSSR count). The molecule has 1 aliphatic heterocycles. The van der Waals surface area contributed by atoms with Gasteiger partial charge in [-0.2, -0.15) is 13.2 Å². The van der Waals surface area contributed by atoms with Crippen molar-refractivity contribution in [3.05, 3.63) is 35.6 Å². The Hall–Kier alpha value is -2.69. The minimum atomic E-state index is -5.08. The molecule has 0 atom stereocenters.